The van der Waals surface area contributed by atoms with E-state index in [0.717, 1.165) is 36.3 Å². The van der Waals surface area contributed by atoms with Crippen LogP contribution in [0, 0.1) is 11.6 Å². The average Bonchev–Trinajstić information content (AvgIpc) is 2.82. The lowest BCUT2D eigenvalue weighted by Gasteiger charge is -2.40. The monoisotopic (exact) mass is 547 g/mol. The molecule has 202 valence electrons. The molecule has 1 fully saturated rings. The van der Waals surface area contributed by atoms with Crippen LogP contribution in [-0.4, -0.2) is 53.2 Å². The number of carbonyl (C=O) groups excluding carboxylic acids is 2. The summed E-state index contributed by atoms with van der Waals surface area (Å²) in [6.45, 7) is -1.86. The summed E-state index contributed by atoms with van der Waals surface area (Å²) in [7, 11) is 1.00. The molecular weight excluding hydrogens is 522 g/mol. The van der Waals surface area contributed by atoms with Gasteiger partial charge in [-0.25, -0.2) is 8.78 Å². The first kappa shape index (κ1) is 29.9. The van der Waals surface area contributed by atoms with Gasteiger partial charge >= 0.3 is 6.61 Å². The van der Waals surface area contributed by atoms with Crippen LogP contribution < -0.4 is 15.8 Å². The fourth-order valence-electron chi connectivity index (χ4n) is 3.54. The second-order valence-corrected chi connectivity index (χ2v) is 8.15. The number of hydrogen-bond acceptors (Lipinski definition) is 6. The van der Waals surface area contributed by atoms with Crippen molar-refractivity contribution in [1.82, 2.24) is 10.2 Å². The third kappa shape index (κ3) is 7.34. The van der Waals surface area contributed by atoms with E-state index in [-0.39, 0.29) is 46.1 Å². The van der Waals surface area contributed by atoms with Gasteiger partial charge in [0.25, 0.3) is 5.91 Å². The maximum absolute atomic E-state index is 14.4. The molecule has 37 heavy (non-hydrogen) atoms. The molecule has 0 aliphatic carbocycles. The van der Waals surface area contributed by atoms with Crippen LogP contribution in [0.25, 0.3) is 5.70 Å². The van der Waals surface area contributed by atoms with Crippen molar-refractivity contribution in [2.45, 2.75) is 38.6 Å². The Kier molecular flexibility index (Phi) is 10.7. The van der Waals surface area contributed by atoms with Crippen LogP contribution in [0.2, 0.25) is 5.02 Å². The highest BCUT2D eigenvalue weighted by Crippen LogP contribution is 2.30. The van der Waals surface area contributed by atoms with E-state index in [1.807, 2.05) is 0 Å². The van der Waals surface area contributed by atoms with Crippen molar-refractivity contribution in [2.24, 2.45) is 5.73 Å². The molecule has 2 aromatic rings. The molecule has 2 aromatic carbocycles. The third-order valence-corrected chi connectivity index (χ3v) is 5.72. The number of halogens is 5. The smallest absolute Gasteiger partial charge is 0.387 e. The van der Waals surface area contributed by atoms with Crippen molar-refractivity contribution in [1.29, 1.82) is 0 Å². The number of nitrogens with one attached hydrogen (secondary N) is 1. The fraction of sp³-hybridized carbons (Fsp3) is 0.333. The van der Waals surface area contributed by atoms with Gasteiger partial charge in [0, 0.05) is 42.0 Å². The van der Waals surface area contributed by atoms with E-state index >= 15 is 0 Å². The molecule has 1 aliphatic heterocycles. The quantitative estimate of drug-likeness (QED) is 0.376. The minimum Gasteiger partial charge on any atom is -0.435 e. The van der Waals surface area contributed by atoms with Crippen molar-refractivity contribution < 1.29 is 42.1 Å². The number of likely N-dealkylation sites (tertiary alicyclic amines) is 1. The number of amides is 2. The lowest BCUT2D eigenvalue weighted by atomic mass is 9.98. The lowest BCUT2D eigenvalue weighted by Crippen LogP contribution is -2.59. The summed E-state index contributed by atoms with van der Waals surface area (Å²) in [6, 6.07) is 4.43. The van der Waals surface area contributed by atoms with Crippen molar-refractivity contribution in [3.8, 4) is 5.75 Å². The first-order valence-corrected chi connectivity index (χ1v) is 11.3. The maximum atomic E-state index is 14.4. The van der Waals surface area contributed by atoms with Crippen molar-refractivity contribution in [3.63, 3.8) is 0 Å². The van der Waals surface area contributed by atoms with Crippen LogP contribution in [0.5, 0.6) is 5.75 Å². The van der Waals surface area contributed by atoms with Gasteiger partial charge in [-0.15, -0.1) is 0 Å². The summed E-state index contributed by atoms with van der Waals surface area (Å²) in [5, 5.41) is 19.8. The van der Waals surface area contributed by atoms with Gasteiger partial charge in [0.05, 0.1) is 0 Å². The van der Waals surface area contributed by atoms with E-state index in [2.05, 4.69) is 10.1 Å². The molecule has 2 atom stereocenters. The van der Waals surface area contributed by atoms with Gasteiger partial charge in [-0.1, -0.05) is 17.7 Å². The highest BCUT2D eigenvalue weighted by molar-refractivity contribution is 6.30. The Bertz CT molecular complexity index is 1140. The zero-order chi connectivity index (χ0) is 27.9. The Hall–Kier alpha value is -3.35. The minimum absolute atomic E-state index is 0.0471. The Labute approximate surface area is 215 Å². The Morgan fingerprint density at radius 3 is 2.35 bits per heavy atom. The second kappa shape index (κ2) is 13.3. The van der Waals surface area contributed by atoms with Gasteiger partial charge in [-0.2, -0.15) is 8.78 Å². The van der Waals surface area contributed by atoms with Gasteiger partial charge in [-0.05, 0) is 49.2 Å². The first-order chi connectivity index (χ1) is 17.5. The van der Waals surface area contributed by atoms with Gasteiger partial charge in [0.2, 0.25) is 5.91 Å². The number of carbonyl (C=O) groups is 2. The number of rotatable bonds is 8. The van der Waals surface area contributed by atoms with E-state index in [1.54, 1.807) is 6.92 Å². The Morgan fingerprint density at radius 1 is 1.22 bits per heavy atom. The molecule has 13 heteroatoms. The van der Waals surface area contributed by atoms with Gasteiger partial charge in [0.1, 0.15) is 23.4 Å². The van der Waals surface area contributed by atoms with Crippen molar-refractivity contribution >= 4 is 29.1 Å². The summed E-state index contributed by atoms with van der Waals surface area (Å²) in [5.74, 6) is -3.70. The number of aliphatic hydroxyl groups excluding tert-OH is 2. The van der Waals surface area contributed by atoms with Gasteiger partial charge in [0.15, 0.2) is 6.10 Å². The third-order valence-electron chi connectivity index (χ3n) is 5.50. The van der Waals surface area contributed by atoms with Crippen molar-refractivity contribution in [3.05, 3.63) is 69.8 Å². The summed E-state index contributed by atoms with van der Waals surface area (Å²) >= 11 is 5.85. The summed E-state index contributed by atoms with van der Waals surface area (Å²) in [4.78, 5) is 26.4. The molecule has 2 amide bonds. The van der Waals surface area contributed by atoms with E-state index < -0.39 is 48.8 Å². The SMILES string of the molecule is C/C=C(/N)c1cc(F)c(CNC(=O)[C@@H]2CCN2C(=O)C(O)c2cc(Cl)cc(OC(F)F)c2)c(F)c1.CO. The molecule has 0 saturated carbocycles. The number of benzene rings is 2. The second-order valence-electron chi connectivity index (χ2n) is 7.72. The molecule has 3 rings (SSSR count). The highest BCUT2D eigenvalue weighted by atomic mass is 35.5. The largest absolute Gasteiger partial charge is 0.435 e. The maximum Gasteiger partial charge on any atom is 0.387 e. The fourth-order valence-corrected chi connectivity index (χ4v) is 3.77. The van der Waals surface area contributed by atoms with Crippen molar-refractivity contribution in [2.75, 3.05) is 13.7 Å². The zero-order valence-electron chi connectivity index (χ0n) is 19.9. The standard InChI is InChI=1S/C23H22ClF4N3O4.CH4O/c1-2-18(29)11-7-16(25)15(17(26)8-11)10-30-21(33)19-3-4-31(19)22(34)20(32)12-5-13(24)9-14(6-12)35-23(27)28;1-2/h2,5-9,19-20,23,32H,3-4,10,29H2,1H3,(H,30,33);2H,1H3/b18-2+;/t19-,20?;/m0./s1. The number of hydrogen-bond donors (Lipinski definition) is 4. The summed E-state index contributed by atoms with van der Waals surface area (Å²) in [6.07, 6.45) is -0.0623. The molecule has 0 radical (unpaired) electrons. The molecule has 0 bridgehead atoms. The first-order valence-electron chi connectivity index (χ1n) is 10.9. The molecule has 1 unspecified atom stereocenters. The van der Waals surface area contributed by atoms with Gasteiger partial charge < -0.3 is 30.9 Å². The normalized spacial score (nSPS) is 15.9. The zero-order valence-corrected chi connectivity index (χ0v) is 20.6. The average molecular weight is 548 g/mol. The molecule has 1 saturated heterocycles. The van der Waals surface area contributed by atoms with Crippen LogP contribution in [0.1, 0.15) is 36.1 Å². The van der Waals surface area contributed by atoms with Crippen LogP contribution in [0.3, 0.4) is 0 Å². The number of allylic oxidation sites excluding steroid dienone is 1. The predicted molar refractivity (Wildman–Crippen MR) is 127 cm³/mol. The van der Waals surface area contributed by atoms with E-state index in [4.69, 9.17) is 22.4 Å². The Morgan fingerprint density at radius 2 is 1.84 bits per heavy atom. The summed E-state index contributed by atoms with van der Waals surface area (Å²) in [5.41, 5.74) is 5.53. The molecule has 0 spiro atoms. The topological polar surface area (TPSA) is 125 Å². The van der Waals surface area contributed by atoms with Crippen LogP contribution in [0.15, 0.2) is 36.4 Å². The van der Waals surface area contributed by atoms with Gasteiger partial charge in [-0.3, -0.25) is 9.59 Å². The molecule has 1 heterocycles. The molecule has 0 aromatic heterocycles. The Balaban J connectivity index is 0.00000235. The lowest BCUT2D eigenvalue weighted by molar-refractivity contribution is -0.154. The van der Waals surface area contributed by atoms with Crippen LogP contribution in [-0.2, 0) is 16.1 Å². The summed E-state index contributed by atoms with van der Waals surface area (Å²) < 4.78 is 58.0. The number of nitrogens with two attached hydrogens (primary N) is 1. The molecular formula is C24H26ClF4N3O5. The molecule has 5 N–H and O–H groups in total. The number of nitrogens with zero attached hydrogens (tertiary/aromatic N) is 1. The highest BCUT2D eigenvalue weighted by Gasteiger charge is 2.40. The number of aliphatic hydroxyl groups is 2. The molecule has 8 nitrogen and oxygen atoms in total. The van der Waals surface area contributed by atoms with E-state index in [1.165, 1.54) is 12.1 Å². The van der Waals surface area contributed by atoms with Crippen LogP contribution in [0.4, 0.5) is 17.6 Å². The number of alkyl halides is 2. The predicted octanol–water partition coefficient (Wildman–Crippen LogP) is 3.10. The van der Waals surface area contributed by atoms with Crippen LogP contribution >= 0.6 is 11.6 Å². The number of ether oxygens (including phenoxy) is 1. The molecule has 1 aliphatic rings. The van der Waals surface area contributed by atoms with E-state index in [0.29, 0.717) is 0 Å². The van der Waals surface area contributed by atoms with E-state index in [9.17, 15) is 32.3 Å². The minimum atomic E-state index is -3.14.